The van der Waals surface area contributed by atoms with E-state index in [0.717, 1.165) is 34.4 Å². The average molecular weight is 408 g/mol. The zero-order chi connectivity index (χ0) is 20.0. The average Bonchev–Trinajstić information content (AvgIpc) is 3.36. The number of anilines is 2. The van der Waals surface area contributed by atoms with Crippen molar-refractivity contribution in [2.75, 3.05) is 10.6 Å². The highest BCUT2D eigenvalue weighted by molar-refractivity contribution is 7.99. The number of carbonyl (C=O) groups excluding carboxylic acids is 1. The van der Waals surface area contributed by atoms with Gasteiger partial charge in [0.25, 0.3) is 0 Å². The van der Waals surface area contributed by atoms with Crippen molar-refractivity contribution < 1.29 is 4.79 Å². The van der Waals surface area contributed by atoms with E-state index < -0.39 is 0 Å². The third-order valence-corrected chi connectivity index (χ3v) is 5.41. The second-order valence-electron chi connectivity index (χ2n) is 7.39. The third-order valence-electron chi connectivity index (χ3n) is 4.52. The molecule has 4 heterocycles. The highest BCUT2D eigenvalue weighted by Crippen LogP contribution is 2.30. The maximum Gasteiger partial charge on any atom is 0.228 e. The van der Waals surface area contributed by atoms with Gasteiger partial charge in [-0.05, 0) is 62.7 Å². The van der Waals surface area contributed by atoms with Crippen LogP contribution in [0.15, 0.2) is 46.8 Å². The molecule has 4 aromatic heterocycles. The molecule has 1 aliphatic carbocycles. The van der Waals surface area contributed by atoms with Crippen LogP contribution in [-0.2, 0) is 4.79 Å². The van der Waals surface area contributed by atoms with Gasteiger partial charge in [-0.25, -0.2) is 9.50 Å². The van der Waals surface area contributed by atoms with Crippen LogP contribution in [0, 0.1) is 5.92 Å². The minimum absolute atomic E-state index is 0.0312. The van der Waals surface area contributed by atoms with E-state index in [9.17, 15) is 4.79 Å². The van der Waals surface area contributed by atoms with Gasteiger partial charge in [-0.1, -0.05) is 0 Å². The Kier molecular flexibility index (Phi) is 4.35. The topological polar surface area (TPSA) is 102 Å². The molecule has 0 saturated heterocycles. The molecule has 1 amide bonds. The fourth-order valence-electron chi connectivity index (χ4n) is 3.00. The maximum absolute atomic E-state index is 11.9. The number of amides is 1. The van der Waals surface area contributed by atoms with E-state index in [4.69, 9.17) is 0 Å². The van der Waals surface area contributed by atoms with E-state index >= 15 is 0 Å². The predicted octanol–water partition coefficient (Wildman–Crippen LogP) is 3.09. The predicted molar refractivity (Wildman–Crippen MR) is 110 cm³/mol. The van der Waals surface area contributed by atoms with Crippen molar-refractivity contribution in [2.24, 2.45) is 5.92 Å². The molecular weight excluding hydrogens is 388 g/mol. The quantitative estimate of drug-likeness (QED) is 0.505. The SMILES string of the molecule is CC(C)Nc1ccc2nnc(Sc3ccc4nc(NC(=O)C5CC5)cn4n3)n2c1. The molecule has 1 fully saturated rings. The highest BCUT2D eigenvalue weighted by atomic mass is 32.2. The molecule has 29 heavy (non-hydrogen) atoms. The minimum atomic E-state index is 0.0312. The number of aromatic nitrogens is 6. The molecule has 0 atom stereocenters. The lowest BCUT2D eigenvalue weighted by atomic mass is 10.3. The van der Waals surface area contributed by atoms with Crippen LogP contribution in [0.3, 0.4) is 0 Å². The molecule has 0 aromatic carbocycles. The lowest BCUT2D eigenvalue weighted by Crippen LogP contribution is -2.13. The smallest absolute Gasteiger partial charge is 0.228 e. The minimum Gasteiger partial charge on any atom is -0.382 e. The Balaban J connectivity index is 1.40. The first-order valence-electron chi connectivity index (χ1n) is 9.51. The Morgan fingerprint density at radius 3 is 2.76 bits per heavy atom. The number of fused-ring (bicyclic) bond motifs is 2. The summed E-state index contributed by atoms with van der Waals surface area (Å²) in [4.78, 5) is 16.3. The van der Waals surface area contributed by atoms with Crippen LogP contribution in [0.2, 0.25) is 0 Å². The van der Waals surface area contributed by atoms with Crippen LogP contribution in [0.5, 0.6) is 0 Å². The van der Waals surface area contributed by atoms with Crippen molar-refractivity contribution in [1.82, 2.24) is 29.2 Å². The van der Waals surface area contributed by atoms with E-state index in [2.05, 4.69) is 44.8 Å². The molecule has 148 valence electrons. The number of nitrogens with zero attached hydrogens (tertiary/aromatic N) is 6. The summed E-state index contributed by atoms with van der Waals surface area (Å²) in [6.45, 7) is 4.19. The summed E-state index contributed by atoms with van der Waals surface area (Å²) in [6, 6.07) is 8.02. The van der Waals surface area contributed by atoms with Crippen molar-refractivity contribution in [2.45, 2.75) is 42.9 Å². The Morgan fingerprint density at radius 2 is 1.97 bits per heavy atom. The van der Waals surface area contributed by atoms with E-state index in [-0.39, 0.29) is 11.8 Å². The molecule has 0 spiro atoms. The number of rotatable bonds is 6. The van der Waals surface area contributed by atoms with Crippen LogP contribution in [0.25, 0.3) is 11.3 Å². The Bertz CT molecular complexity index is 1210. The molecule has 4 aromatic rings. The molecule has 1 saturated carbocycles. The van der Waals surface area contributed by atoms with Crippen LogP contribution in [-0.4, -0.2) is 41.1 Å². The first-order chi connectivity index (χ1) is 14.0. The number of pyridine rings is 1. The second kappa shape index (κ2) is 7.03. The van der Waals surface area contributed by atoms with Crippen LogP contribution >= 0.6 is 11.8 Å². The molecule has 0 bridgehead atoms. The number of imidazole rings is 1. The second-order valence-corrected chi connectivity index (χ2v) is 8.38. The molecule has 0 radical (unpaired) electrons. The van der Waals surface area contributed by atoms with E-state index in [1.54, 1.807) is 10.7 Å². The fourth-order valence-corrected chi connectivity index (χ4v) is 3.78. The van der Waals surface area contributed by atoms with Gasteiger partial charge in [0.2, 0.25) is 11.1 Å². The molecule has 1 aliphatic rings. The highest BCUT2D eigenvalue weighted by Gasteiger charge is 2.30. The van der Waals surface area contributed by atoms with E-state index in [1.165, 1.54) is 11.8 Å². The van der Waals surface area contributed by atoms with Gasteiger partial charge >= 0.3 is 0 Å². The Labute approximate surface area is 170 Å². The molecule has 2 N–H and O–H groups in total. The van der Waals surface area contributed by atoms with Gasteiger partial charge in [-0.15, -0.1) is 10.2 Å². The number of hydrogen-bond acceptors (Lipinski definition) is 7. The zero-order valence-electron chi connectivity index (χ0n) is 16.0. The van der Waals surface area contributed by atoms with Crippen molar-refractivity contribution in [1.29, 1.82) is 0 Å². The van der Waals surface area contributed by atoms with Crippen LogP contribution in [0.4, 0.5) is 11.5 Å². The number of carbonyl (C=O) groups is 1. The van der Waals surface area contributed by atoms with Crippen molar-refractivity contribution in [3.8, 4) is 0 Å². The first kappa shape index (κ1) is 17.9. The number of hydrogen-bond donors (Lipinski definition) is 2. The van der Waals surface area contributed by atoms with Gasteiger partial charge in [0, 0.05) is 18.2 Å². The fraction of sp³-hybridized carbons (Fsp3) is 0.316. The molecule has 9 nitrogen and oxygen atoms in total. The first-order valence-corrected chi connectivity index (χ1v) is 10.3. The molecule has 5 rings (SSSR count). The van der Waals surface area contributed by atoms with E-state index in [0.29, 0.717) is 17.5 Å². The number of nitrogens with one attached hydrogen (secondary N) is 2. The summed E-state index contributed by atoms with van der Waals surface area (Å²) in [5.41, 5.74) is 2.45. The summed E-state index contributed by atoms with van der Waals surface area (Å²) in [5.74, 6) is 0.688. The lowest BCUT2D eigenvalue weighted by molar-refractivity contribution is -0.117. The van der Waals surface area contributed by atoms with E-state index in [1.807, 2.05) is 34.9 Å². The van der Waals surface area contributed by atoms with Gasteiger partial charge in [0.15, 0.2) is 17.1 Å². The Hall–Kier alpha value is -3.14. The Morgan fingerprint density at radius 1 is 1.14 bits per heavy atom. The summed E-state index contributed by atoms with van der Waals surface area (Å²) in [7, 11) is 0. The lowest BCUT2D eigenvalue weighted by Gasteiger charge is -2.10. The summed E-state index contributed by atoms with van der Waals surface area (Å²) in [6.07, 6.45) is 5.63. The van der Waals surface area contributed by atoms with Crippen LogP contribution in [0.1, 0.15) is 26.7 Å². The normalized spacial score (nSPS) is 14.0. The van der Waals surface area contributed by atoms with Crippen molar-refractivity contribution >= 4 is 40.5 Å². The summed E-state index contributed by atoms with van der Waals surface area (Å²) < 4.78 is 3.61. The van der Waals surface area contributed by atoms with Gasteiger partial charge < -0.3 is 10.6 Å². The third kappa shape index (κ3) is 3.75. The summed E-state index contributed by atoms with van der Waals surface area (Å²) in [5, 5.41) is 20.8. The summed E-state index contributed by atoms with van der Waals surface area (Å²) >= 11 is 1.42. The van der Waals surface area contributed by atoms with Gasteiger partial charge in [0.05, 0.1) is 11.9 Å². The van der Waals surface area contributed by atoms with Crippen molar-refractivity contribution in [3.05, 3.63) is 36.7 Å². The van der Waals surface area contributed by atoms with Gasteiger partial charge in [0.1, 0.15) is 5.03 Å². The largest absolute Gasteiger partial charge is 0.382 e. The molecular formula is C19H20N8OS. The zero-order valence-corrected chi connectivity index (χ0v) is 16.8. The van der Waals surface area contributed by atoms with Crippen LogP contribution < -0.4 is 10.6 Å². The standard InChI is InChI=1S/C19H20N8OS/c1-11(2)20-13-5-6-16-23-24-19(26(16)9-13)29-17-8-7-15-21-14(10-27(15)25-17)22-18(28)12-3-4-12/h5-12,20H,3-4H2,1-2H3,(H,22,28). The maximum atomic E-state index is 11.9. The molecule has 0 unspecified atom stereocenters. The van der Waals surface area contributed by atoms with Gasteiger partial charge in [-0.2, -0.15) is 5.10 Å². The molecule has 10 heteroatoms. The van der Waals surface area contributed by atoms with Crippen molar-refractivity contribution in [3.63, 3.8) is 0 Å². The molecule has 0 aliphatic heterocycles. The van der Waals surface area contributed by atoms with Gasteiger partial charge in [-0.3, -0.25) is 9.20 Å². The monoisotopic (exact) mass is 408 g/mol.